The van der Waals surface area contributed by atoms with Gasteiger partial charge in [-0.1, -0.05) is 13.8 Å². The third kappa shape index (κ3) is 3.61. The van der Waals surface area contributed by atoms with E-state index >= 15 is 0 Å². The van der Waals surface area contributed by atoms with Crippen LogP contribution in [-0.4, -0.2) is 39.0 Å². The van der Waals surface area contributed by atoms with Gasteiger partial charge in [-0.25, -0.2) is 0 Å². The monoisotopic (exact) mass is 358 g/mol. The van der Waals surface area contributed by atoms with Crippen molar-refractivity contribution in [3.63, 3.8) is 0 Å². The fourth-order valence-electron chi connectivity index (χ4n) is 2.43. The Bertz CT molecular complexity index is 496. The highest BCUT2D eigenvalue weighted by Crippen LogP contribution is 2.31. The predicted octanol–water partition coefficient (Wildman–Crippen LogP) is 4.19. The smallest absolute Gasteiger partial charge is 0.270 e. The van der Waals surface area contributed by atoms with Crippen molar-refractivity contribution in [2.75, 3.05) is 18.8 Å². The van der Waals surface area contributed by atoms with Crippen LogP contribution in [0.2, 0.25) is 0 Å². The fraction of sp³-hybridized carbons (Fsp3) is 0.667. The van der Waals surface area contributed by atoms with Gasteiger partial charge < -0.3 is 9.47 Å². The Morgan fingerprint density at radius 3 is 2.75 bits per heavy atom. The van der Waals surface area contributed by atoms with Gasteiger partial charge in [0, 0.05) is 40.3 Å². The number of aromatic nitrogens is 1. The molecule has 5 heteroatoms. The molecule has 1 fully saturated rings. The summed E-state index contributed by atoms with van der Waals surface area (Å²) < 4.78 is 3.30. The quantitative estimate of drug-likeness (QED) is 0.791. The Balaban J connectivity index is 2.19. The molecule has 0 spiro atoms. The van der Waals surface area contributed by atoms with Crippen molar-refractivity contribution in [3.8, 4) is 0 Å². The first-order valence-corrected chi connectivity index (χ1v) is 8.88. The number of carbonyl (C=O) groups is 1. The number of rotatable bonds is 2. The second kappa shape index (κ2) is 6.14. The Labute approximate surface area is 134 Å². The lowest BCUT2D eigenvalue weighted by Gasteiger charge is -2.23. The van der Waals surface area contributed by atoms with Gasteiger partial charge in [0.1, 0.15) is 5.69 Å². The maximum Gasteiger partial charge on any atom is 0.270 e. The first-order chi connectivity index (χ1) is 9.30. The zero-order chi connectivity index (χ0) is 14.9. The average Bonchev–Trinajstić information content (AvgIpc) is 2.65. The van der Waals surface area contributed by atoms with Crippen LogP contribution in [0.4, 0.5) is 0 Å². The van der Waals surface area contributed by atoms with Crippen molar-refractivity contribution in [3.05, 3.63) is 22.4 Å². The summed E-state index contributed by atoms with van der Waals surface area (Å²) >= 11 is 5.44. The molecule has 0 unspecified atom stereocenters. The van der Waals surface area contributed by atoms with E-state index in [-0.39, 0.29) is 16.7 Å². The van der Waals surface area contributed by atoms with Crippen LogP contribution in [0.3, 0.4) is 0 Å². The molecule has 1 saturated heterocycles. The molecule has 2 rings (SSSR count). The number of hydrogen-bond donors (Lipinski definition) is 0. The van der Waals surface area contributed by atoms with Gasteiger partial charge in [-0.05, 0) is 42.3 Å². The van der Waals surface area contributed by atoms with Gasteiger partial charge in [-0.15, -0.1) is 0 Å². The molecule has 1 aromatic heterocycles. The lowest BCUT2D eigenvalue weighted by atomic mass is 10.1. The summed E-state index contributed by atoms with van der Waals surface area (Å²) in [5, 5.41) is 0. The van der Waals surface area contributed by atoms with E-state index in [0.29, 0.717) is 0 Å². The molecule has 1 aliphatic rings. The second-order valence-electron chi connectivity index (χ2n) is 6.19. The van der Waals surface area contributed by atoms with E-state index in [2.05, 4.69) is 48.2 Å². The zero-order valence-electron chi connectivity index (χ0n) is 12.6. The summed E-state index contributed by atoms with van der Waals surface area (Å²) in [7, 11) is 0. The van der Waals surface area contributed by atoms with Crippen molar-refractivity contribution in [1.29, 1.82) is 0 Å². The van der Waals surface area contributed by atoms with Crippen molar-refractivity contribution in [2.24, 2.45) is 0 Å². The molecule has 0 saturated carbocycles. The van der Waals surface area contributed by atoms with Crippen LogP contribution >= 0.6 is 27.7 Å². The van der Waals surface area contributed by atoms with E-state index in [1.807, 2.05) is 28.9 Å². The number of carbonyl (C=O) groups excluding carboxylic acids is 1. The molecule has 1 aliphatic heterocycles. The van der Waals surface area contributed by atoms with E-state index in [1.165, 1.54) is 0 Å². The summed E-state index contributed by atoms with van der Waals surface area (Å²) in [4.78, 5) is 14.8. The molecule has 1 amide bonds. The minimum atomic E-state index is 0.155. The van der Waals surface area contributed by atoms with Crippen LogP contribution < -0.4 is 0 Å². The first kappa shape index (κ1) is 16.0. The Hall–Kier alpha value is -0.420. The fourth-order valence-corrected chi connectivity index (χ4v) is 3.97. The average molecular weight is 359 g/mol. The van der Waals surface area contributed by atoms with Gasteiger partial charge in [0.15, 0.2) is 0 Å². The molecule has 0 bridgehead atoms. The summed E-state index contributed by atoms with van der Waals surface area (Å²) in [6.07, 6.45) is 3.04. The van der Waals surface area contributed by atoms with Crippen LogP contribution in [-0.2, 0) is 0 Å². The van der Waals surface area contributed by atoms with Crippen molar-refractivity contribution in [2.45, 2.75) is 44.9 Å². The van der Waals surface area contributed by atoms with Gasteiger partial charge in [0.2, 0.25) is 0 Å². The van der Waals surface area contributed by atoms with Crippen molar-refractivity contribution < 1.29 is 4.79 Å². The molecule has 0 N–H and O–H groups in total. The minimum Gasteiger partial charge on any atom is -0.340 e. The van der Waals surface area contributed by atoms with Crippen LogP contribution in [0.1, 0.15) is 50.6 Å². The van der Waals surface area contributed by atoms with Gasteiger partial charge in [0.25, 0.3) is 5.91 Å². The van der Waals surface area contributed by atoms with E-state index in [0.717, 1.165) is 35.4 Å². The Kier molecular flexibility index (Phi) is 4.90. The highest BCUT2D eigenvalue weighted by atomic mass is 79.9. The van der Waals surface area contributed by atoms with Gasteiger partial charge in [-0.2, -0.15) is 11.8 Å². The molecule has 112 valence electrons. The van der Waals surface area contributed by atoms with Crippen LogP contribution in [0.5, 0.6) is 0 Å². The SMILES string of the molecule is CC(C)n1cc(Br)cc1C(=O)N1CCSC(C)(C)CC1. The number of halogens is 1. The third-order valence-corrected chi connectivity index (χ3v) is 5.52. The molecule has 0 radical (unpaired) electrons. The zero-order valence-corrected chi connectivity index (χ0v) is 15.1. The van der Waals surface area contributed by atoms with E-state index in [9.17, 15) is 4.79 Å². The van der Waals surface area contributed by atoms with Crippen molar-refractivity contribution in [1.82, 2.24) is 9.47 Å². The first-order valence-electron chi connectivity index (χ1n) is 7.11. The highest BCUT2D eigenvalue weighted by Gasteiger charge is 2.28. The lowest BCUT2D eigenvalue weighted by molar-refractivity contribution is 0.0752. The molecular formula is C15H23BrN2OS. The summed E-state index contributed by atoms with van der Waals surface area (Å²) in [6.45, 7) is 10.4. The standard InChI is InChI=1S/C15H23BrN2OS/c1-11(2)18-10-12(16)9-13(18)14(19)17-6-5-15(3,4)20-8-7-17/h9-11H,5-8H2,1-4H3. The maximum atomic E-state index is 12.8. The lowest BCUT2D eigenvalue weighted by Crippen LogP contribution is -2.35. The number of thioether (sulfide) groups is 1. The van der Waals surface area contributed by atoms with E-state index < -0.39 is 0 Å². The normalized spacial score (nSPS) is 19.2. The Morgan fingerprint density at radius 1 is 1.40 bits per heavy atom. The summed E-state index contributed by atoms with van der Waals surface area (Å²) in [5.74, 6) is 1.17. The van der Waals surface area contributed by atoms with Gasteiger partial charge >= 0.3 is 0 Å². The second-order valence-corrected chi connectivity index (χ2v) is 8.91. The number of amides is 1. The van der Waals surface area contributed by atoms with Gasteiger partial charge in [0.05, 0.1) is 0 Å². The van der Waals surface area contributed by atoms with Crippen LogP contribution in [0.25, 0.3) is 0 Å². The molecular weight excluding hydrogens is 336 g/mol. The third-order valence-electron chi connectivity index (χ3n) is 3.72. The summed E-state index contributed by atoms with van der Waals surface area (Å²) in [6, 6.07) is 2.23. The maximum absolute atomic E-state index is 12.8. The van der Waals surface area contributed by atoms with Crippen LogP contribution in [0.15, 0.2) is 16.7 Å². The molecule has 20 heavy (non-hydrogen) atoms. The molecule has 0 aromatic carbocycles. The highest BCUT2D eigenvalue weighted by molar-refractivity contribution is 9.10. The number of hydrogen-bond acceptors (Lipinski definition) is 2. The molecule has 0 aliphatic carbocycles. The molecule has 3 nitrogen and oxygen atoms in total. The molecule has 0 atom stereocenters. The number of nitrogens with zero attached hydrogens (tertiary/aromatic N) is 2. The molecule has 1 aromatic rings. The van der Waals surface area contributed by atoms with Gasteiger partial charge in [-0.3, -0.25) is 4.79 Å². The predicted molar refractivity (Wildman–Crippen MR) is 89.6 cm³/mol. The molecule has 2 heterocycles. The van der Waals surface area contributed by atoms with Crippen molar-refractivity contribution >= 4 is 33.6 Å². The largest absolute Gasteiger partial charge is 0.340 e. The van der Waals surface area contributed by atoms with E-state index in [4.69, 9.17) is 0 Å². The van der Waals surface area contributed by atoms with E-state index in [1.54, 1.807) is 0 Å². The van der Waals surface area contributed by atoms with Crippen LogP contribution in [0, 0.1) is 0 Å². The summed E-state index contributed by atoms with van der Waals surface area (Å²) in [5.41, 5.74) is 0.789. The minimum absolute atomic E-state index is 0.155. The Morgan fingerprint density at radius 2 is 2.10 bits per heavy atom. The topological polar surface area (TPSA) is 25.2 Å².